The van der Waals surface area contributed by atoms with E-state index in [0.29, 0.717) is 18.2 Å². The lowest BCUT2D eigenvalue weighted by Crippen LogP contribution is -2.53. The first kappa shape index (κ1) is 8.73. The zero-order valence-corrected chi connectivity index (χ0v) is 7.05. The molecule has 0 fully saturated rings. The molecule has 1 heterocycles. The maximum Gasteiger partial charge on any atom is 0.252 e. The number of hydrogen-bond acceptors (Lipinski definition) is 3. The van der Waals surface area contributed by atoms with E-state index in [1.165, 1.54) is 6.07 Å². The lowest BCUT2D eigenvalue weighted by Gasteiger charge is -2.01. The standard InChI is InChI=1S/C7H12N4O/c1-5-4-6(12)11-7(10-5)9-3-2-8/h4H,2-3,8H2,1H3,(H2,9,10,11,12)/p+1. The Morgan fingerprint density at radius 1 is 1.75 bits per heavy atom. The van der Waals surface area contributed by atoms with E-state index < -0.39 is 0 Å². The van der Waals surface area contributed by atoms with Gasteiger partial charge in [-0.15, -0.1) is 0 Å². The van der Waals surface area contributed by atoms with Crippen molar-refractivity contribution < 1.29 is 5.73 Å². The van der Waals surface area contributed by atoms with Gasteiger partial charge >= 0.3 is 0 Å². The number of aromatic amines is 1. The van der Waals surface area contributed by atoms with Crippen molar-refractivity contribution in [2.24, 2.45) is 0 Å². The van der Waals surface area contributed by atoms with Crippen LogP contribution in [0.3, 0.4) is 0 Å². The van der Waals surface area contributed by atoms with E-state index in [0.717, 1.165) is 6.54 Å². The van der Waals surface area contributed by atoms with E-state index in [9.17, 15) is 4.79 Å². The molecule has 12 heavy (non-hydrogen) atoms. The Hall–Kier alpha value is -1.36. The molecule has 0 atom stereocenters. The van der Waals surface area contributed by atoms with Crippen LogP contribution in [0.15, 0.2) is 10.9 Å². The SMILES string of the molecule is Cc1cc(=O)[nH]c(NCC[NH3+])n1. The summed E-state index contributed by atoms with van der Waals surface area (Å²) in [7, 11) is 0. The second-order valence-corrected chi connectivity index (χ2v) is 2.52. The first-order chi connectivity index (χ1) is 5.72. The van der Waals surface area contributed by atoms with Gasteiger partial charge in [0.05, 0.1) is 13.1 Å². The van der Waals surface area contributed by atoms with Gasteiger partial charge in [0.25, 0.3) is 5.56 Å². The van der Waals surface area contributed by atoms with Crippen LogP contribution in [-0.2, 0) is 0 Å². The van der Waals surface area contributed by atoms with Crippen LogP contribution in [0.4, 0.5) is 5.95 Å². The molecular weight excluding hydrogens is 156 g/mol. The Balaban J connectivity index is 2.79. The van der Waals surface area contributed by atoms with Crippen LogP contribution in [0.1, 0.15) is 5.69 Å². The van der Waals surface area contributed by atoms with Crippen LogP contribution in [0.25, 0.3) is 0 Å². The highest BCUT2D eigenvalue weighted by molar-refractivity contribution is 5.24. The van der Waals surface area contributed by atoms with Crippen LogP contribution in [0, 0.1) is 6.92 Å². The van der Waals surface area contributed by atoms with E-state index in [2.05, 4.69) is 21.0 Å². The third-order valence-electron chi connectivity index (χ3n) is 1.34. The smallest absolute Gasteiger partial charge is 0.252 e. The second kappa shape index (κ2) is 3.87. The molecule has 0 saturated carbocycles. The molecule has 1 rings (SSSR count). The summed E-state index contributed by atoms with van der Waals surface area (Å²) in [6.45, 7) is 3.26. The van der Waals surface area contributed by atoms with Gasteiger partial charge in [-0.05, 0) is 6.92 Å². The van der Waals surface area contributed by atoms with Gasteiger partial charge in [-0.2, -0.15) is 0 Å². The summed E-state index contributed by atoms with van der Waals surface area (Å²) in [4.78, 5) is 17.6. The zero-order valence-electron chi connectivity index (χ0n) is 7.05. The van der Waals surface area contributed by atoms with Gasteiger partial charge in [0, 0.05) is 11.8 Å². The molecule has 5 heteroatoms. The minimum absolute atomic E-state index is 0.130. The lowest BCUT2D eigenvalue weighted by atomic mass is 10.4. The number of nitrogens with zero attached hydrogens (tertiary/aromatic N) is 1. The van der Waals surface area contributed by atoms with E-state index in [1.807, 2.05) is 0 Å². The van der Waals surface area contributed by atoms with Crippen LogP contribution in [0.2, 0.25) is 0 Å². The number of nitrogens with one attached hydrogen (secondary N) is 2. The van der Waals surface area contributed by atoms with Crippen LogP contribution in [0.5, 0.6) is 0 Å². The second-order valence-electron chi connectivity index (χ2n) is 2.52. The fourth-order valence-electron chi connectivity index (χ4n) is 0.870. The Bertz CT molecular complexity index is 307. The maximum atomic E-state index is 10.9. The largest absolute Gasteiger partial charge is 0.356 e. The average molecular weight is 169 g/mol. The monoisotopic (exact) mass is 169 g/mol. The third kappa shape index (κ3) is 2.35. The van der Waals surface area contributed by atoms with Gasteiger partial charge in [-0.3, -0.25) is 9.78 Å². The van der Waals surface area contributed by atoms with Crippen LogP contribution in [-0.4, -0.2) is 23.1 Å². The number of anilines is 1. The number of rotatable bonds is 3. The lowest BCUT2D eigenvalue weighted by molar-refractivity contribution is -0.362. The summed E-state index contributed by atoms with van der Waals surface area (Å²) < 4.78 is 0. The number of H-pyrrole nitrogens is 1. The highest BCUT2D eigenvalue weighted by Gasteiger charge is 1.95. The van der Waals surface area contributed by atoms with Crippen molar-refractivity contribution in [2.75, 3.05) is 18.4 Å². The van der Waals surface area contributed by atoms with E-state index in [-0.39, 0.29) is 5.56 Å². The topological polar surface area (TPSA) is 85.4 Å². The molecule has 5 nitrogen and oxygen atoms in total. The first-order valence-electron chi connectivity index (χ1n) is 3.83. The molecule has 0 aromatic carbocycles. The molecule has 66 valence electrons. The number of quaternary nitrogens is 1. The van der Waals surface area contributed by atoms with Crippen molar-refractivity contribution in [2.45, 2.75) is 6.92 Å². The third-order valence-corrected chi connectivity index (χ3v) is 1.34. The van der Waals surface area contributed by atoms with Gasteiger partial charge in [-0.1, -0.05) is 0 Å². The van der Waals surface area contributed by atoms with Crippen molar-refractivity contribution in [3.05, 3.63) is 22.1 Å². The first-order valence-corrected chi connectivity index (χ1v) is 3.83. The fraction of sp³-hybridized carbons (Fsp3) is 0.429. The molecule has 0 spiro atoms. The Morgan fingerprint density at radius 3 is 3.08 bits per heavy atom. The summed E-state index contributed by atoms with van der Waals surface area (Å²) in [6.07, 6.45) is 0. The van der Waals surface area contributed by atoms with E-state index >= 15 is 0 Å². The Kier molecular flexibility index (Phi) is 2.82. The number of aryl methyl sites for hydroxylation is 1. The van der Waals surface area contributed by atoms with Crippen molar-refractivity contribution in [3.63, 3.8) is 0 Å². The zero-order chi connectivity index (χ0) is 8.97. The molecule has 0 aliphatic rings. The molecule has 0 radical (unpaired) electrons. The average Bonchev–Trinajstić information content (AvgIpc) is 1.99. The van der Waals surface area contributed by atoms with Crippen molar-refractivity contribution in [3.8, 4) is 0 Å². The molecule has 0 aliphatic carbocycles. The molecular formula is C7H13N4O+. The molecule has 1 aromatic rings. The maximum absolute atomic E-state index is 10.9. The highest BCUT2D eigenvalue weighted by atomic mass is 16.1. The fourth-order valence-corrected chi connectivity index (χ4v) is 0.870. The van der Waals surface area contributed by atoms with Gasteiger partial charge in [0.1, 0.15) is 0 Å². The predicted molar refractivity (Wildman–Crippen MR) is 45.8 cm³/mol. The summed E-state index contributed by atoms with van der Waals surface area (Å²) in [5.41, 5.74) is 4.25. The molecule has 1 aromatic heterocycles. The van der Waals surface area contributed by atoms with E-state index in [4.69, 9.17) is 0 Å². The van der Waals surface area contributed by atoms with Crippen LogP contribution >= 0.6 is 0 Å². The van der Waals surface area contributed by atoms with Crippen molar-refractivity contribution in [1.29, 1.82) is 0 Å². The van der Waals surface area contributed by atoms with Gasteiger partial charge in [0.15, 0.2) is 0 Å². The van der Waals surface area contributed by atoms with Gasteiger partial charge < -0.3 is 11.1 Å². The molecule has 0 saturated heterocycles. The molecule has 5 N–H and O–H groups in total. The normalized spacial score (nSPS) is 9.83. The molecule has 0 bridgehead atoms. The van der Waals surface area contributed by atoms with Crippen molar-refractivity contribution in [1.82, 2.24) is 9.97 Å². The van der Waals surface area contributed by atoms with Crippen LogP contribution < -0.4 is 16.6 Å². The summed E-state index contributed by atoms with van der Waals surface area (Å²) >= 11 is 0. The number of hydrogen-bond donors (Lipinski definition) is 3. The molecule has 0 amide bonds. The summed E-state index contributed by atoms with van der Waals surface area (Å²) in [5, 5.41) is 2.95. The highest BCUT2D eigenvalue weighted by Crippen LogP contribution is 1.93. The quantitative estimate of drug-likeness (QED) is 0.527. The predicted octanol–water partition coefficient (Wildman–Crippen LogP) is -1.27. The Labute approximate surface area is 70.0 Å². The van der Waals surface area contributed by atoms with Gasteiger partial charge in [-0.25, -0.2) is 4.98 Å². The van der Waals surface area contributed by atoms with Gasteiger partial charge in [0.2, 0.25) is 5.95 Å². The summed E-state index contributed by atoms with van der Waals surface area (Å²) in [5.74, 6) is 0.517. The number of aromatic nitrogens is 2. The minimum Gasteiger partial charge on any atom is -0.356 e. The Morgan fingerprint density at radius 2 is 2.50 bits per heavy atom. The minimum atomic E-state index is -0.130. The van der Waals surface area contributed by atoms with E-state index in [1.54, 1.807) is 6.92 Å². The molecule has 0 unspecified atom stereocenters. The summed E-state index contributed by atoms with van der Waals surface area (Å²) in [6, 6.07) is 1.45. The molecule has 0 aliphatic heterocycles. The van der Waals surface area contributed by atoms with Crippen molar-refractivity contribution >= 4 is 5.95 Å².